The van der Waals surface area contributed by atoms with Crippen LogP contribution in [0.2, 0.25) is 0 Å². The molecule has 2 heterocycles. The lowest BCUT2D eigenvalue weighted by molar-refractivity contribution is 0.0685. The molecule has 0 saturated heterocycles. The maximum atomic E-state index is 10.9. The molecule has 2 N–H and O–H groups in total. The number of benzene rings is 1. The fraction of sp³-hybridized carbons (Fsp3) is 0.231. The third kappa shape index (κ3) is 3.63. The molecule has 11 heteroatoms. The first-order valence-electron chi connectivity index (χ1n) is 6.96. The van der Waals surface area contributed by atoms with Crippen LogP contribution in [0.5, 0.6) is 5.75 Å². The fourth-order valence-corrected chi connectivity index (χ4v) is 1.90. The molecule has 0 unspecified atom stereocenters. The van der Waals surface area contributed by atoms with Gasteiger partial charge in [-0.2, -0.15) is 0 Å². The molecule has 0 atom stereocenters. The zero-order valence-electron chi connectivity index (χ0n) is 12.4. The Bertz CT molecular complexity index is 802. The highest BCUT2D eigenvalue weighted by Gasteiger charge is 2.17. The van der Waals surface area contributed by atoms with Crippen LogP contribution < -0.4 is 10.1 Å². The monoisotopic (exact) mass is 331 g/mol. The van der Waals surface area contributed by atoms with Crippen LogP contribution in [-0.4, -0.2) is 48.2 Å². The second kappa shape index (κ2) is 7.17. The Kier molecular flexibility index (Phi) is 4.60. The molecule has 0 radical (unpaired) electrons. The number of hydrogen-bond acceptors (Lipinski definition) is 9. The highest BCUT2D eigenvalue weighted by atomic mass is 16.6. The van der Waals surface area contributed by atoms with Crippen LogP contribution in [0.1, 0.15) is 16.3 Å². The van der Waals surface area contributed by atoms with Gasteiger partial charge >= 0.3 is 5.97 Å². The lowest BCUT2D eigenvalue weighted by Gasteiger charge is -2.07. The summed E-state index contributed by atoms with van der Waals surface area (Å²) in [6, 6.07) is 9.39. The molecule has 2 aromatic heterocycles. The number of carbonyl (C=O) groups is 1. The quantitative estimate of drug-likeness (QED) is 0.597. The molecule has 3 rings (SSSR count). The summed E-state index contributed by atoms with van der Waals surface area (Å²) in [4.78, 5) is 10.9. The smallest absolute Gasteiger partial charge is 0.362 e. The van der Waals surface area contributed by atoms with Crippen LogP contribution in [0.3, 0.4) is 0 Å². The van der Waals surface area contributed by atoms with E-state index in [0.717, 1.165) is 5.75 Å². The van der Waals surface area contributed by atoms with Crippen molar-refractivity contribution in [2.45, 2.75) is 13.1 Å². The van der Waals surface area contributed by atoms with E-state index in [1.165, 1.54) is 4.68 Å². The molecule has 11 nitrogen and oxygen atoms in total. The first-order valence-corrected chi connectivity index (χ1v) is 6.96. The van der Waals surface area contributed by atoms with Gasteiger partial charge in [-0.25, -0.2) is 14.1 Å². The number of nitrogens with one attached hydrogen (secondary N) is 1. The Morgan fingerprint density at radius 1 is 1.29 bits per heavy atom. The van der Waals surface area contributed by atoms with Crippen molar-refractivity contribution in [1.29, 1.82) is 0 Å². The number of hydrogen-bond donors (Lipinski definition) is 2. The Hall–Kier alpha value is -3.50. The molecule has 0 aliphatic carbocycles. The van der Waals surface area contributed by atoms with Crippen molar-refractivity contribution >= 4 is 11.8 Å². The predicted octanol–water partition coefficient (Wildman–Crippen LogP) is 0.445. The number of aromatic nitrogens is 6. The fourth-order valence-electron chi connectivity index (χ4n) is 1.90. The molecule has 0 aliphatic heterocycles. The number of tetrazole rings is 1. The second-order valence-electron chi connectivity index (χ2n) is 4.61. The van der Waals surface area contributed by atoms with Crippen LogP contribution >= 0.6 is 0 Å². The van der Waals surface area contributed by atoms with E-state index in [1.807, 2.05) is 30.3 Å². The molecule has 0 fully saturated rings. The topological polar surface area (TPSA) is 141 Å². The largest absolute Gasteiger partial charge is 0.493 e. The summed E-state index contributed by atoms with van der Waals surface area (Å²) in [5.74, 6) is 0.0950. The van der Waals surface area contributed by atoms with Crippen LogP contribution in [0.25, 0.3) is 0 Å². The molecular weight excluding hydrogens is 318 g/mol. The number of carboxylic acids is 1. The van der Waals surface area contributed by atoms with Crippen molar-refractivity contribution in [3.05, 3.63) is 41.9 Å². The number of nitrogens with zero attached hydrogens (tertiary/aromatic N) is 6. The third-order valence-electron chi connectivity index (χ3n) is 3.03. The van der Waals surface area contributed by atoms with E-state index in [9.17, 15) is 4.79 Å². The zero-order chi connectivity index (χ0) is 16.8. The summed E-state index contributed by atoms with van der Waals surface area (Å²) in [5.41, 5.74) is -0.308. The van der Waals surface area contributed by atoms with Gasteiger partial charge in [0.2, 0.25) is 11.5 Å². The van der Waals surface area contributed by atoms with Gasteiger partial charge in [-0.3, -0.25) is 0 Å². The van der Waals surface area contributed by atoms with Crippen LogP contribution in [0, 0.1) is 0 Å². The summed E-state index contributed by atoms with van der Waals surface area (Å²) in [6.45, 7) is 0.512. The summed E-state index contributed by atoms with van der Waals surface area (Å²) in [5, 5.41) is 29.8. The Balaban J connectivity index is 1.55. The third-order valence-corrected chi connectivity index (χ3v) is 3.03. The number of ether oxygens (including phenoxy) is 1. The number of rotatable bonds is 8. The molecule has 0 saturated carbocycles. The highest BCUT2D eigenvalue weighted by molar-refractivity contribution is 5.90. The average Bonchev–Trinajstić information content (AvgIpc) is 3.23. The number of anilines is 1. The van der Waals surface area contributed by atoms with Crippen LogP contribution in [0.15, 0.2) is 35.0 Å². The molecule has 0 aliphatic rings. The number of para-hydroxylation sites is 1. The summed E-state index contributed by atoms with van der Waals surface area (Å²) in [7, 11) is 0. The average molecular weight is 331 g/mol. The first-order chi connectivity index (χ1) is 11.7. The van der Waals surface area contributed by atoms with Crippen molar-refractivity contribution in [3.63, 3.8) is 0 Å². The van der Waals surface area contributed by atoms with Gasteiger partial charge < -0.3 is 15.2 Å². The van der Waals surface area contributed by atoms with Crippen molar-refractivity contribution in [1.82, 2.24) is 30.5 Å². The van der Waals surface area contributed by atoms with Gasteiger partial charge in [-0.05, 0) is 32.9 Å². The molecule has 0 spiro atoms. The van der Waals surface area contributed by atoms with Crippen molar-refractivity contribution in [2.75, 3.05) is 11.9 Å². The zero-order valence-corrected chi connectivity index (χ0v) is 12.4. The molecular formula is C13H13N7O4. The van der Waals surface area contributed by atoms with Gasteiger partial charge in [0.25, 0.3) is 0 Å². The van der Waals surface area contributed by atoms with E-state index in [-0.39, 0.29) is 18.2 Å². The summed E-state index contributed by atoms with van der Waals surface area (Å²) in [6.07, 6.45) is 0.479. The molecule has 124 valence electrons. The Morgan fingerprint density at radius 2 is 2.12 bits per heavy atom. The Labute approximate surface area is 135 Å². The normalized spacial score (nSPS) is 10.5. The van der Waals surface area contributed by atoms with Gasteiger partial charge in [0.1, 0.15) is 12.4 Å². The molecule has 0 amide bonds. The minimum atomic E-state index is -1.24. The molecule has 3 aromatic rings. The standard InChI is InChI=1S/C13H13N7O4/c21-13(22)11-12(17-24-16-11)14-8-20-10(15-18-19-20)6-7-23-9-4-2-1-3-5-9/h1-5H,6-8H2,(H,14,17)(H,21,22). The second-order valence-corrected chi connectivity index (χ2v) is 4.61. The van der Waals surface area contributed by atoms with Crippen molar-refractivity contribution in [2.24, 2.45) is 0 Å². The van der Waals surface area contributed by atoms with Crippen molar-refractivity contribution in [3.8, 4) is 5.75 Å². The van der Waals surface area contributed by atoms with Crippen LogP contribution in [-0.2, 0) is 13.1 Å². The molecule has 0 bridgehead atoms. The predicted molar refractivity (Wildman–Crippen MR) is 78.3 cm³/mol. The van der Waals surface area contributed by atoms with Gasteiger partial charge in [-0.1, -0.05) is 18.2 Å². The number of aromatic carboxylic acids is 1. The van der Waals surface area contributed by atoms with Gasteiger partial charge in [-0.15, -0.1) is 5.10 Å². The van der Waals surface area contributed by atoms with E-state index in [0.29, 0.717) is 18.9 Å². The maximum Gasteiger partial charge on any atom is 0.362 e. The SMILES string of the molecule is O=C(O)c1nonc1NCn1nnnc1CCOc1ccccc1. The van der Waals surface area contributed by atoms with Gasteiger partial charge in [0, 0.05) is 6.42 Å². The van der Waals surface area contributed by atoms with E-state index in [1.54, 1.807) is 0 Å². The maximum absolute atomic E-state index is 10.9. The molecule has 24 heavy (non-hydrogen) atoms. The first kappa shape index (κ1) is 15.4. The highest BCUT2D eigenvalue weighted by Crippen LogP contribution is 2.10. The van der Waals surface area contributed by atoms with E-state index >= 15 is 0 Å². The number of carboxylic acid groups (broad SMARTS) is 1. The lowest BCUT2D eigenvalue weighted by atomic mass is 10.3. The minimum absolute atomic E-state index is 0.00415. The molecule has 1 aromatic carbocycles. The lowest BCUT2D eigenvalue weighted by Crippen LogP contribution is -2.16. The van der Waals surface area contributed by atoms with Crippen LogP contribution in [0.4, 0.5) is 5.82 Å². The van der Waals surface area contributed by atoms with Gasteiger partial charge in [0.15, 0.2) is 5.82 Å². The Morgan fingerprint density at radius 3 is 2.92 bits per heavy atom. The van der Waals surface area contributed by atoms with E-state index in [4.69, 9.17) is 9.84 Å². The summed E-state index contributed by atoms with van der Waals surface area (Å²) < 4.78 is 11.5. The van der Waals surface area contributed by atoms with E-state index < -0.39 is 5.97 Å². The summed E-state index contributed by atoms with van der Waals surface area (Å²) >= 11 is 0. The van der Waals surface area contributed by atoms with E-state index in [2.05, 4.69) is 35.8 Å². The minimum Gasteiger partial charge on any atom is -0.493 e. The van der Waals surface area contributed by atoms with Gasteiger partial charge in [0.05, 0.1) is 6.61 Å². The van der Waals surface area contributed by atoms with Crippen molar-refractivity contribution < 1.29 is 19.3 Å².